The summed E-state index contributed by atoms with van der Waals surface area (Å²) < 4.78 is 0. The van der Waals surface area contributed by atoms with E-state index in [1.807, 2.05) is 25.3 Å². The molecule has 0 aliphatic carbocycles. The number of pyridine rings is 1. The van der Waals surface area contributed by atoms with Gasteiger partial charge in [0.1, 0.15) is 11.6 Å². The van der Waals surface area contributed by atoms with Crippen LogP contribution in [0.5, 0.6) is 0 Å². The Morgan fingerprint density at radius 2 is 2.11 bits per heavy atom. The van der Waals surface area contributed by atoms with Gasteiger partial charge in [-0.25, -0.2) is 9.97 Å². The smallest absolute Gasteiger partial charge is 0.155 e. The van der Waals surface area contributed by atoms with E-state index in [1.165, 1.54) is 6.20 Å². The second kappa shape index (κ2) is 5.35. The first-order valence-corrected chi connectivity index (χ1v) is 5.63. The largest absolute Gasteiger partial charge is 0.372 e. The number of anilines is 1. The van der Waals surface area contributed by atoms with Gasteiger partial charge in [0.15, 0.2) is 6.29 Å². The van der Waals surface area contributed by atoms with Crippen LogP contribution in [-0.4, -0.2) is 28.3 Å². The highest BCUT2D eigenvalue weighted by Gasteiger charge is 2.06. The Kier molecular flexibility index (Phi) is 3.62. The van der Waals surface area contributed by atoms with Gasteiger partial charge in [0.2, 0.25) is 0 Å². The summed E-state index contributed by atoms with van der Waals surface area (Å²) in [5.74, 6) is 1.21. The molecule has 2 heterocycles. The number of hydrogen-bond donors (Lipinski definition) is 1. The Morgan fingerprint density at radius 1 is 1.28 bits per heavy atom. The van der Waals surface area contributed by atoms with Gasteiger partial charge in [0.25, 0.3) is 0 Å². The number of aryl methyl sites for hydroxylation is 1. The molecule has 18 heavy (non-hydrogen) atoms. The maximum absolute atomic E-state index is 10.8. The normalized spacial score (nSPS) is 10.1. The van der Waals surface area contributed by atoms with Crippen LogP contribution in [0.15, 0.2) is 24.5 Å². The Balaban J connectivity index is 2.24. The monoisotopic (exact) mass is 242 g/mol. The van der Waals surface area contributed by atoms with Gasteiger partial charge in [-0.3, -0.25) is 9.78 Å². The van der Waals surface area contributed by atoms with Crippen molar-refractivity contribution in [2.24, 2.45) is 0 Å². The SMILES string of the molecule is CNc1nc(Cc2ccc(C)nc2)ncc1C=O. The average Bonchev–Trinajstić information content (AvgIpc) is 2.41. The maximum Gasteiger partial charge on any atom is 0.155 e. The summed E-state index contributed by atoms with van der Waals surface area (Å²) in [6.07, 6.45) is 4.68. The van der Waals surface area contributed by atoms with Crippen LogP contribution in [0.4, 0.5) is 5.82 Å². The molecule has 0 fully saturated rings. The van der Waals surface area contributed by atoms with Crippen molar-refractivity contribution in [3.8, 4) is 0 Å². The average molecular weight is 242 g/mol. The van der Waals surface area contributed by atoms with Crippen molar-refractivity contribution in [1.82, 2.24) is 15.0 Å². The summed E-state index contributed by atoms with van der Waals surface area (Å²) in [6.45, 7) is 1.94. The van der Waals surface area contributed by atoms with Gasteiger partial charge in [-0.15, -0.1) is 0 Å². The highest BCUT2D eigenvalue weighted by Crippen LogP contribution is 2.11. The first-order chi connectivity index (χ1) is 8.72. The van der Waals surface area contributed by atoms with Crippen LogP contribution in [0, 0.1) is 6.92 Å². The lowest BCUT2D eigenvalue weighted by molar-refractivity contribution is 0.112. The number of aromatic nitrogens is 3. The van der Waals surface area contributed by atoms with E-state index in [2.05, 4.69) is 20.3 Å². The molecule has 2 rings (SSSR count). The van der Waals surface area contributed by atoms with Crippen LogP contribution < -0.4 is 5.32 Å². The van der Waals surface area contributed by atoms with Crippen LogP contribution >= 0.6 is 0 Å². The fraction of sp³-hybridized carbons (Fsp3) is 0.231. The molecule has 0 spiro atoms. The standard InChI is InChI=1S/C13H14N4O/c1-9-3-4-10(6-15-9)5-12-16-7-11(8-18)13(14-2)17-12/h3-4,6-8H,5H2,1-2H3,(H,14,16,17). The molecule has 0 saturated carbocycles. The van der Waals surface area contributed by atoms with Gasteiger partial charge < -0.3 is 5.32 Å². The van der Waals surface area contributed by atoms with Crippen LogP contribution in [0.1, 0.15) is 27.4 Å². The molecule has 92 valence electrons. The molecule has 2 aromatic rings. The minimum atomic E-state index is 0.461. The maximum atomic E-state index is 10.8. The number of carbonyl (C=O) groups is 1. The van der Waals surface area contributed by atoms with Crippen LogP contribution in [0.25, 0.3) is 0 Å². The first kappa shape index (κ1) is 12.2. The van der Waals surface area contributed by atoms with Crippen molar-refractivity contribution in [3.05, 3.63) is 47.2 Å². The van der Waals surface area contributed by atoms with E-state index in [0.29, 0.717) is 23.6 Å². The zero-order valence-electron chi connectivity index (χ0n) is 10.3. The number of nitrogens with one attached hydrogen (secondary N) is 1. The van der Waals surface area contributed by atoms with Crippen LogP contribution in [0.3, 0.4) is 0 Å². The minimum Gasteiger partial charge on any atom is -0.372 e. The molecule has 0 aromatic carbocycles. The Morgan fingerprint density at radius 3 is 2.72 bits per heavy atom. The lowest BCUT2D eigenvalue weighted by Gasteiger charge is -2.05. The summed E-state index contributed by atoms with van der Waals surface area (Å²) >= 11 is 0. The second-order valence-electron chi connectivity index (χ2n) is 3.94. The molecule has 0 unspecified atom stereocenters. The molecule has 0 aliphatic rings. The fourth-order valence-corrected chi connectivity index (χ4v) is 1.58. The Bertz CT molecular complexity index is 551. The number of rotatable bonds is 4. The van der Waals surface area contributed by atoms with E-state index in [4.69, 9.17) is 0 Å². The molecule has 2 aromatic heterocycles. The zero-order valence-corrected chi connectivity index (χ0v) is 10.3. The molecule has 0 amide bonds. The lowest BCUT2D eigenvalue weighted by Crippen LogP contribution is -2.04. The van der Waals surface area contributed by atoms with Gasteiger partial charge >= 0.3 is 0 Å². The third-order valence-corrected chi connectivity index (χ3v) is 2.57. The summed E-state index contributed by atoms with van der Waals surface area (Å²) in [4.78, 5) is 23.5. The van der Waals surface area contributed by atoms with E-state index in [1.54, 1.807) is 7.05 Å². The predicted octanol–water partition coefficient (Wildman–Crippen LogP) is 1.63. The van der Waals surface area contributed by atoms with Crippen molar-refractivity contribution in [2.75, 3.05) is 12.4 Å². The second-order valence-corrected chi connectivity index (χ2v) is 3.94. The third kappa shape index (κ3) is 2.68. The van der Waals surface area contributed by atoms with E-state index in [0.717, 1.165) is 17.5 Å². The molecule has 0 saturated heterocycles. The van der Waals surface area contributed by atoms with Gasteiger partial charge in [0, 0.05) is 31.6 Å². The topological polar surface area (TPSA) is 67.8 Å². The summed E-state index contributed by atoms with van der Waals surface area (Å²) in [6, 6.07) is 3.95. The Labute approximate surface area is 105 Å². The van der Waals surface area contributed by atoms with Gasteiger partial charge in [-0.1, -0.05) is 6.07 Å². The number of carbonyl (C=O) groups excluding carboxylic acids is 1. The third-order valence-electron chi connectivity index (χ3n) is 2.57. The van der Waals surface area contributed by atoms with Crippen molar-refractivity contribution in [3.63, 3.8) is 0 Å². The molecule has 5 heteroatoms. The molecule has 0 bridgehead atoms. The lowest BCUT2D eigenvalue weighted by atomic mass is 10.2. The molecule has 5 nitrogen and oxygen atoms in total. The molecule has 1 N–H and O–H groups in total. The van der Waals surface area contributed by atoms with Crippen molar-refractivity contribution < 1.29 is 4.79 Å². The highest BCUT2D eigenvalue weighted by atomic mass is 16.1. The summed E-state index contributed by atoms with van der Waals surface area (Å²) in [7, 11) is 1.73. The van der Waals surface area contributed by atoms with E-state index >= 15 is 0 Å². The fourth-order valence-electron chi connectivity index (χ4n) is 1.58. The first-order valence-electron chi connectivity index (χ1n) is 5.63. The minimum absolute atomic E-state index is 0.461. The highest BCUT2D eigenvalue weighted by molar-refractivity contribution is 5.81. The van der Waals surface area contributed by atoms with Crippen molar-refractivity contribution >= 4 is 12.1 Å². The van der Waals surface area contributed by atoms with Crippen molar-refractivity contribution in [1.29, 1.82) is 0 Å². The van der Waals surface area contributed by atoms with E-state index in [-0.39, 0.29) is 0 Å². The molecule has 0 aliphatic heterocycles. The predicted molar refractivity (Wildman–Crippen MR) is 68.7 cm³/mol. The zero-order chi connectivity index (χ0) is 13.0. The molecule has 0 atom stereocenters. The number of nitrogens with zero attached hydrogens (tertiary/aromatic N) is 3. The number of hydrogen-bond acceptors (Lipinski definition) is 5. The van der Waals surface area contributed by atoms with Gasteiger partial charge in [-0.05, 0) is 18.6 Å². The molecule has 0 radical (unpaired) electrons. The van der Waals surface area contributed by atoms with E-state index < -0.39 is 0 Å². The quantitative estimate of drug-likeness (QED) is 0.825. The van der Waals surface area contributed by atoms with Crippen LogP contribution in [-0.2, 0) is 6.42 Å². The van der Waals surface area contributed by atoms with Gasteiger partial charge in [0.05, 0.1) is 5.56 Å². The summed E-state index contributed by atoms with van der Waals surface area (Å²) in [5, 5.41) is 2.88. The molecular formula is C13H14N4O. The van der Waals surface area contributed by atoms with Crippen LogP contribution in [0.2, 0.25) is 0 Å². The molecular weight excluding hydrogens is 228 g/mol. The van der Waals surface area contributed by atoms with Crippen molar-refractivity contribution in [2.45, 2.75) is 13.3 Å². The van der Waals surface area contributed by atoms with E-state index in [9.17, 15) is 4.79 Å². The number of aldehydes is 1. The Hall–Kier alpha value is -2.30. The summed E-state index contributed by atoms with van der Waals surface area (Å²) in [5.41, 5.74) is 2.48. The van der Waals surface area contributed by atoms with Gasteiger partial charge in [-0.2, -0.15) is 0 Å².